The Balaban J connectivity index is 2.35. The quantitative estimate of drug-likeness (QED) is 0.680. The molecule has 21 heavy (non-hydrogen) atoms. The van der Waals surface area contributed by atoms with Gasteiger partial charge in [0.05, 0.1) is 0 Å². The van der Waals surface area contributed by atoms with Crippen LogP contribution < -0.4 is 5.32 Å². The van der Waals surface area contributed by atoms with Crippen LogP contribution in [0.15, 0.2) is 0 Å². The summed E-state index contributed by atoms with van der Waals surface area (Å²) in [6.45, 7) is 7.10. The van der Waals surface area contributed by atoms with Crippen molar-refractivity contribution in [3.05, 3.63) is 0 Å². The topological polar surface area (TPSA) is 72.9 Å². The molecule has 1 saturated carbocycles. The lowest BCUT2D eigenvalue weighted by atomic mass is 10.2. The van der Waals surface area contributed by atoms with Gasteiger partial charge in [0.25, 0.3) is 0 Å². The monoisotopic (exact) mass is 299 g/mol. The Labute approximate surface area is 127 Å². The second-order valence-electron chi connectivity index (χ2n) is 6.22. The Hall–Kier alpha value is -1.30. The molecule has 1 atom stereocenters. The highest BCUT2D eigenvalue weighted by Gasteiger charge is 2.29. The Bertz CT molecular complexity index is 356. The molecule has 6 heteroatoms. The van der Waals surface area contributed by atoms with Crippen molar-refractivity contribution in [2.24, 2.45) is 0 Å². The van der Waals surface area contributed by atoms with Crippen molar-refractivity contribution in [2.45, 2.75) is 64.6 Å². The van der Waals surface area contributed by atoms with E-state index in [1.165, 1.54) is 12.8 Å². The molecule has 1 rings (SSSR count). The van der Waals surface area contributed by atoms with E-state index < -0.39 is 5.97 Å². The third kappa shape index (κ3) is 6.33. The third-order valence-electron chi connectivity index (χ3n) is 4.04. The third-order valence-corrected chi connectivity index (χ3v) is 4.04. The fourth-order valence-electron chi connectivity index (χ4n) is 2.32. The molecule has 0 aromatic heterocycles. The summed E-state index contributed by atoms with van der Waals surface area (Å²) in [5.74, 6) is -0.821. The molecule has 2 N–H and O–H groups in total. The molecule has 0 saturated heterocycles. The van der Waals surface area contributed by atoms with Crippen molar-refractivity contribution in [3.8, 4) is 0 Å². The van der Waals surface area contributed by atoms with Crippen LogP contribution in [0.5, 0.6) is 0 Å². The minimum atomic E-state index is -0.821. The predicted octanol–water partition coefficient (Wildman–Crippen LogP) is 1.75. The zero-order valence-electron chi connectivity index (χ0n) is 13.6. The molecule has 1 aliphatic carbocycles. The van der Waals surface area contributed by atoms with Crippen LogP contribution in [0.2, 0.25) is 0 Å². The van der Waals surface area contributed by atoms with E-state index in [0.29, 0.717) is 31.6 Å². The van der Waals surface area contributed by atoms with Crippen LogP contribution in [0.1, 0.15) is 46.5 Å². The number of carboxylic acid groups (broad SMARTS) is 1. The zero-order chi connectivity index (χ0) is 16.0. The number of carbonyl (C=O) groups is 2. The molecule has 0 aliphatic heterocycles. The summed E-state index contributed by atoms with van der Waals surface area (Å²) in [5, 5.41) is 11.6. The van der Waals surface area contributed by atoms with Crippen LogP contribution in [-0.2, 0) is 4.79 Å². The Morgan fingerprint density at radius 2 is 1.90 bits per heavy atom. The van der Waals surface area contributed by atoms with E-state index in [1.807, 2.05) is 13.8 Å². The molecule has 6 nitrogen and oxygen atoms in total. The standard InChI is InChI=1S/C15H29N3O3/c1-11(2)18(9-5-6-14(19)20)15(21)16-10-12(3)17(4)13-7-8-13/h11-13H,5-10H2,1-4H3,(H,16,21)(H,19,20). The maximum absolute atomic E-state index is 12.2. The number of amides is 2. The van der Waals surface area contributed by atoms with E-state index >= 15 is 0 Å². The van der Waals surface area contributed by atoms with Crippen molar-refractivity contribution in [1.29, 1.82) is 0 Å². The molecule has 0 bridgehead atoms. The van der Waals surface area contributed by atoms with Gasteiger partial charge in [-0.3, -0.25) is 9.69 Å². The molecule has 1 aliphatic rings. The highest BCUT2D eigenvalue weighted by Crippen LogP contribution is 2.26. The Kier molecular flexibility index (Phi) is 6.95. The summed E-state index contributed by atoms with van der Waals surface area (Å²) in [6.07, 6.45) is 3.08. The molecule has 0 spiro atoms. The largest absolute Gasteiger partial charge is 0.481 e. The van der Waals surface area contributed by atoms with Gasteiger partial charge in [-0.1, -0.05) is 0 Å². The number of aliphatic carboxylic acids is 1. The summed E-state index contributed by atoms with van der Waals surface area (Å²) in [5.41, 5.74) is 0. The van der Waals surface area contributed by atoms with E-state index in [-0.39, 0.29) is 18.5 Å². The second-order valence-corrected chi connectivity index (χ2v) is 6.22. The summed E-state index contributed by atoms with van der Waals surface area (Å²) < 4.78 is 0. The molecule has 1 unspecified atom stereocenters. The Morgan fingerprint density at radius 3 is 2.38 bits per heavy atom. The summed E-state index contributed by atoms with van der Waals surface area (Å²) in [7, 11) is 2.10. The minimum absolute atomic E-state index is 0.0651. The predicted molar refractivity (Wildman–Crippen MR) is 82.4 cm³/mol. The Morgan fingerprint density at radius 1 is 1.29 bits per heavy atom. The fraction of sp³-hybridized carbons (Fsp3) is 0.867. The molecule has 0 radical (unpaired) electrons. The summed E-state index contributed by atoms with van der Waals surface area (Å²) >= 11 is 0. The number of hydrogen-bond acceptors (Lipinski definition) is 3. The zero-order valence-corrected chi connectivity index (χ0v) is 13.6. The molecule has 1 fully saturated rings. The van der Waals surface area contributed by atoms with Gasteiger partial charge in [-0.15, -0.1) is 0 Å². The summed E-state index contributed by atoms with van der Waals surface area (Å²) in [4.78, 5) is 26.8. The van der Waals surface area contributed by atoms with Gasteiger partial charge < -0.3 is 15.3 Å². The fourth-order valence-corrected chi connectivity index (χ4v) is 2.32. The van der Waals surface area contributed by atoms with Crippen LogP contribution >= 0.6 is 0 Å². The van der Waals surface area contributed by atoms with E-state index in [2.05, 4.69) is 24.2 Å². The van der Waals surface area contributed by atoms with Crippen molar-refractivity contribution >= 4 is 12.0 Å². The first kappa shape index (κ1) is 17.8. The average Bonchev–Trinajstić information content (AvgIpc) is 3.23. The number of nitrogens with zero attached hydrogens (tertiary/aromatic N) is 2. The first-order valence-corrected chi connectivity index (χ1v) is 7.81. The molecule has 0 aromatic carbocycles. The van der Waals surface area contributed by atoms with Gasteiger partial charge in [-0.05, 0) is 47.1 Å². The first-order valence-electron chi connectivity index (χ1n) is 7.81. The van der Waals surface area contributed by atoms with Gasteiger partial charge >= 0.3 is 12.0 Å². The highest BCUT2D eigenvalue weighted by molar-refractivity contribution is 5.74. The second kappa shape index (κ2) is 8.22. The smallest absolute Gasteiger partial charge is 0.317 e. The van der Waals surface area contributed by atoms with Crippen molar-refractivity contribution in [1.82, 2.24) is 15.1 Å². The normalized spacial score (nSPS) is 16.1. The van der Waals surface area contributed by atoms with Gasteiger partial charge in [0.1, 0.15) is 0 Å². The van der Waals surface area contributed by atoms with E-state index in [9.17, 15) is 9.59 Å². The lowest BCUT2D eigenvalue weighted by Crippen LogP contribution is -2.48. The van der Waals surface area contributed by atoms with E-state index in [0.717, 1.165) is 0 Å². The van der Waals surface area contributed by atoms with Gasteiger partial charge in [0, 0.05) is 37.6 Å². The van der Waals surface area contributed by atoms with E-state index in [4.69, 9.17) is 5.11 Å². The number of carbonyl (C=O) groups excluding carboxylic acids is 1. The van der Waals surface area contributed by atoms with Crippen molar-refractivity contribution in [2.75, 3.05) is 20.1 Å². The molecule has 2 amide bonds. The number of hydrogen-bond donors (Lipinski definition) is 2. The van der Waals surface area contributed by atoms with Gasteiger partial charge in [0.15, 0.2) is 0 Å². The van der Waals surface area contributed by atoms with Gasteiger partial charge in [0.2, 0.25) is 0 Å². The number of urea groups is 1. The number of likely N-dealkylation sites (N-methyl/N-ethyl adjacent to an activating group) is 1. The molecule has 122 valence electrons. The maximum Gasteiger partial charge on any atom is 0.317 e. The highest BCUT2D eigenvalue weighted by atomic mass is 16.4. The minimum Gasteiger partial charge on any atom is -0.481 e. The van der Waals surface area contributed by atoms with Crippen LogP contribution in [-0.4, -0.2) is 65.2 Å². The lowest BCUT2D eigenvalue weighted by Gasteiger charge is -2.29. The van der Waals surface area contributed by atoms with E-state index in [1.54, 1.807) is 4.90 Å². The van der Waals surface area contributed by atoms with Crippen LogP contribution in [0.25, 0.3) is 0 Å². The first-order chi connectivity index (χ1) is 9.82. The van der Waals surface area contributed by atoms with Crippen molar-refractivity contribution < 1.29 is 14.7 Å². The van der Waals surface area contributed by atoms with Crippen LogP contribution in [0.4, 0.5) is 4.79 Å². The van der Waals surface area contributed by atoms with Crippen LogP contribution in [0, 0.1) is 0 Å². The lowest BCUT2D eigenvalue weighted by molar-refractivity contribution is -0.137. The molecule has 0 heterocycles. The molecular weight excluding hydrogens is 270 g/mol. The van der Waals surface area contributed by atoms with Gasteiger partial charge in [-0.25, -0.2) is 4.79 Å². The van der Waals surface area contributed by atoms with Gasteiger partial charge in [-0.2, -0.15) is 0 Å². The number of nitrogens with one attached hydrogen (secondary N) is 1. The average molecular weight is 299 g/mol. The van der Waals surface area contributed by atoms with Crippen LogP contribution in [0.3, 0.4) is 0 Å². The van der Waals surface area contributed by atoms with Crippen molar-refractivity contribution in [3.63, 3.8) is 0 Å². The SMILES string of the molecule is CC(C)N(CCCC(=O)O)C(=O)NCC(C)N(C)C1CC1. The molecular formula is C15H29N3O3. The molecule has 0 aromatic rings. The number of carboxylic acids is 1. The number of rotatable bonds is 9. The maximum atomic E-state index is 12.2. The summed E-state index contributed by atoms with van der Waals surface area (Å²) in [6, 6.07) is 0.949.